The van der Waals surface area contributed by atoms with E-state index in [4.69, 9.17) is 10.2 Å². The van der Waals surface area contributed by atoms with Gasteiger partial charge in [0.05, 0.1) is 11.6 Å². The van der Waals surface area contributed by atoms with Crippen LogP contribution in [-0.2, 0) is 22.2 Å². The van der Waals surface area contributed by atoms with Crippen LogP contribution in [0.1, 0.15) is 107 Å². The Bertz CT molecular complexity index is 1120. The Kier molecular flexibility index (Phi) is 6.50. The lowest BCUT2D eigenvalue weighted by Gasteiger charge is -2.32. The maximum Gasteiger partial charge on any atom is 0.306 e. The lowest BCUT2D eigenvalue weighted by atomic mass is 9.80. The molecular formula is C30H41N3O3. The third-order valence-electron chi connectivity index (χ3n) is 8.78. The largest absolute Gasteiger partial charge is 0.481 e. The van der Waals surface area contributed by atoms with Gasteiger partial charge in [-0.3, -0.25) is 14.3 Å². The number of nitrogens with zero attached hydrogens (tertiary/aromatic N) is 2. The van der Waals surface area contributed by atoms with Crippen molar-refractivity contribution < 1.29 is 14.7 Å². The molecule has 2 aromatic rings. The standard InChI is InChI=1S/C30H41N3O3/c1-29(2,3)22-12-20(13-23(16-22)30(4)10-11-30)26-17-25(27(34)31-24-14-21(15-24)28(35)36)32-33(26)18-19-8-6-5-7-9-19/h12-13,16-17,19,21,24H,5-11,14-15,18H2,1-4H3,(H,31,34)(H,35,36)/t21-,24-. The molecule has 0 unspecified atom stereocenters. The van der Waals surface area contributed by atoms with Gasteiger partial charge in [-0.25, -0.2) is 0 Å². The summed E-state index contributed by atoms with van der Waals surface area (Å²) in [6, 6.07) is 8.85. The maximum atomic E-state index is 13.1. The topological polar surface area (TPSA) is 84.2 Å². The Morgan fingerprint density at radius 1 is 1.08 bits per heavy atom. The highest BCUT2D eigenvalue weighted by Gasteiger charge is 2.40. The Morgan fingerprint density at radius 3 is 2.39 bits per heavy atom. The fourth-order valence-electron chi connectivity index (χ4n) is 5.74. The van der Waals surface area contributed by atoms with Gasteiger partial charge in [0.2, 0.25) is 0 Å². The minimum Gasteiger partial charge on any atom is -0.481 e. The first-order valence-corrected chi connectivity index (χ1v) is 13.8. The van der Waals surface area contributed by atoms with Gasteiger partial charge < -0.3 is 10.4 Å². The second-order valence-corrected chi connectivity index (χ2v) is 12.9. The number of aliphatic carboxylic acids is 1. The second-order valence-electron chi connectivity index (χ2n) is 12.9. The molecule has 0 radical (unpaired) electrons. The fraction of sp³-hybridized carbons (Fsp3) is 0.633. The molecule has 3 aliphatic rings. The number of benzene rings is 1. The lowest BCUT2D eigenvalue weighted by molar-refractivity contribution is -0.145. The Labute approximate surface area is 214 Å². The SMILES string of the molecule is CC(C)(C)c1cc(-c2cc(C(=O)N[C@H]3C[C@H](C(=O)O)C3)nn2CC2CCCCC2)cc(C2(C)CC2)c1. The molecule has 1 amide bonds. The van der Waals surface area contributed by atoms with E-state index >= 15 is 0 Å². The van der Waals surface area contributed by atoms with Crippen molar-refractivity contribution in [1.29, 1.82) is 0 Å². The Balaban J connectivity index is 1.48. The Hall–Kier alpha value is -2.63. The molecule has 1 aromatic heterocycles. The third-order valence-corrected chi connectivity index (χ3v) is 8.78. The van der Waals surface area contributed by atoms with Gasteiger partial charge in [-0.1, -0.05) is 53.0 Å². The smallest absolute Gasteiger partial charge is 0.306 e. The zero-order chi connectivity index (χ0) is 25.7. The number of amides is 1. The molecule has 0 aliphatic heterocycles. The quantitative estimate of drug-likeness (QED) is 0.492. The molecule has 3 aliphatic carbocycles. The number of hydrogen-bond donors (Lipinski definition) is 2. The first kappa shape index (κ1) is 25.0. The van der Waals surface area contributed by atoms with Gasteiger partial charge >= 0.3 is 5.97 Å². The molecule has 0 spiro atoms. The van der Waals surface area contributed by atoms with Crippen LogP contribution in [0.5, 0.6) is 0 Å². The van der Waals surface area contributed by atoms with Gasteiger partial charge in [0.15, 0.2) is 5.69 Å². The van der Waals surface area contributed by atoms with Crippen LogP contribution in [0.4, 0.5) is 0 Å². The predicted molar refractivity (Wildman–Crippen MR) is 141 cm³/mol. The van der Waals surface area contributed by atoms with Gasteiger partial charge in [0.1, 0.15) is 0 Å². The summed E-state index contributed by atoms with van der Waals surface area (Å²) in [5.41, 5.74) is 5.55. The van der Waals surface area contributed by atoms with E-state index in [1.165, 1.54) is 56.1 Å². The second kappa shape index (κ2) is 9.35. The molecular weight excluding hydrogens is 450 g/mol. The van der Waals surface area contributed by atoms with Crippen LogP contribution in [0.25, 0.3) is 11.3 Å². The first-order valence-electron chi connectivity index (χ1n) is 13.8. The highest BCUT2D eigenvalue weighted by atomic mass is 16.4. The van der Waals surface area contributed by atoms with E-state index in [1.54, 1.807) is 0 Å². The maximum absolute atomic E-state index is 13.1. The minimum atomic E-state index is -0.779. The van der Waals surface area contributed by atoms with Gasteiger partial charge in [-0.2, -0.15) is 5.10 Å². The molecule has 1 aromatic carbocycles. The summed E-state index contributed by atoms with van der Waals surface area (Å²) < 4.78 is 2.08. The molecule has 0 bridgehead atoms. The molecule has 0 saturated heterocycles. The van der Waals surface area contributed by atoms with Crippen LogP contribution >= 0.6 is 0 Å². The van der Waals surface area contributed by atoms with Crippen LogP contribution < -0.4 is 5.32 Å². The summed E-state index contributed by atoms with van der Waals surface area (Å²) in [6.07, 6.45) is 9.69. The predicted octanol–water partition coefficient (Wildman–Crippen LogP) is 6.07. The van der Waals surface area contributed by atoms with Crippen molar-refractivity contribution in [1.82, 2.24) is 15.1 Å². The van der Waals surface area contributed by atoms with Crippen LogP contribution in [0.3, 0.4) is 0 Å². The minimum absolute atomic E-state index is 0.0232. The number of aromatic nitrogens is 2. The molecule has 6 heteroatoms. The molecule has 6 nitrogen and oxygen atoms in total. The van der Waals surface area contributed by atoms with Crippen molar-refractivity contribution in [3.05, 3.63) is 41.1 Å². The van der Waals surface area contributed by atoms with Crippen molar-refractivity contribution >= 4 is 11.9 Å². The molecule has 194 valence electrons. The summed E-state index contributed by atoms with van der Waals surface area (Å²) in [4.78, 5) is 24.3. The average molecular weight is 492 g/mol. The first-order chi connectivity index (χ1) is 17.0. The zero-order valence-electron chi connectivity index (χ0n) is 22.3. The van der Waals surface area contributed by atoms with E-state index in [9.17, 15) is 9.59 Å². The van der Waals surface area contributed by atoms with Gasteiger partial charge in [0, 0.05) is 18.2 Å². The average Bonchev–Trinajstić information content (AvgIpc) is 3.42. The summed E-state index contributed by atoms with van der Waals surface area (Å²) in [6.45, 7) is 9.95. The number of hydrogen-bond acceptors (Lipinski definition) is 3. The van der Waals surface area contributed by atoms with Crippen LogP contribution in [-0.4, -0.2) is 32.8 Å². The lowest BCUT2D eigenvalue weighted by Crippen LogP contribution is -2.46. The van der Waals surface area contributed by atoms with Crippen LogP contribution in [0, 0.1) is 11.8 Å². The number of carbonyl (C=O) groups is 2. The molecule has 1 heterocycles. The molecule has 5 rings (SSSR count). The number of carbonyl (C=O) groups excluding carboxylic acids is 1. The number of nitrogens with one attached hydrogen (secondary N) is 1. The Morgan fingerprint density at radius 2 is 1.78 bits per heavy atom. The van der Waals surface area contributed by atoms with Crippen molar-refractivity contribution in [2.75, 3.05) is 0 Å². The van der Waals surface area contributed by atoms with Crippen LogP contribution in [0.2, 0.25) is 0 Å². The van der Waals surface area contributed by atoms with Gasteiger partial charge in [-0.15, -0.1) is 0 Å². The number of rotatable bonds is 7. The molecule has 3 saturated carbocycles. The number of carboxylic acids is 1. The molecule has 3 fully saturated rings. The molecule has 36 heavy (non-hydrogen) atoms. The van der Waals surface area contributed by atoms with E-state index in [0.717, 1.165) is 17.8 Å². The van der Waals surface area contributed by atoms with E-state index in [2.05, 4.69) is 55.9 Å². The summed E-state index contributed by atoms with van der Waals surface area (Å²) >= 11 is 0. The van der Waals surface area contributed by atoms with E-state index in [-0.39, 0.29) is 28.7 Å². The highest BCUT2D eigenvalue weighted by molar-refractivity contribution is 5.94. The highest BCUT2D eigenvalue weighted by Crippen LogP contribution is 2.49. The molecule has 2 N–H and O–H groups in total. The fourth-order valence-corrected chi connectivity index (χ4v) is 5.74. The van der Waals surface area contributed by atoms with Crippen molar-refractivity contribution in [3.8, 4) is 11.3 Å². The number of carboxylic acid groups (broad SMARTS) is 1. The van der Waals surface area contributed by atoms with Crippen molar-refractivity contribution in [3.63, 3.8) is 0 Å². The van der Waals surface area contributed by atoms with Crippen molar-refractivity contribution in [2.45, 2.75) is 109 Å². The zero-order valence-corrected chi connectivity index (χ0v) is 22.3. The van der Waals surface area contributed by atoms with Crippen LogP contribution in [0.15, 0.2) is 24.3 Å². The summed E-state index contributed by atoms with van der Waals surface area (Å²) in [5, 5.41) is 17.0. The van der Waals surface area contributed by atoms with E-state index < -0.39 is 5.97 Å². The van der Waals surface area contributed by atoms with Crippen molar-refractivity contribution in [2.24, 2.45) is 11.8 Å². The monoisotopic (exact) mass is 491 g/mol. The van der Waals surface area contributed by atoms with E-state index in [1.807, 2.05) is 6.07 Å². The third kappa shape index (κ3) is 5.23. The van der Waals surface area contributed by atoms with Gasteiger partial charge in [0.25, 0.3) is 5.91 Å². The normalized spacial score (nSPS) is 23.7. The summed E-state index contributed by atoms with van der Waals surface area (Å²) in [7, 11) is 0. The summed E-state index contributed by atoms with van der Waals surface area (Å²) in [5.74, 6) is -0.744. The molecule has 0 atom stereocenters. The van der Waals surface area contributed by atoms with E-state index in [0.29, 0.717) is 24.5 Å². The van der Waals surface area contributed by atoms with Gasteiger partial charge in [-0.05, 0) is 84.6 Å².